The van der Waals surface area contributed by atoms with Crippen LogP contribution in [0.25, 0.3) is 11.2 Å². The molecule has 2 heterocycles. The summed E-state index contributed by atoms with van der Waals surface area (Å²) in [6, 6.07) is 0.126. The van der Waals surface area contributed by atoms with Gasteiger partial charge in [-0.1, -0.05) is 12.2 Å². The molecule has 0 amide bonds. The molecule has 3 rings (SSSR count). The molecule has 0 bridgehead atoms. The van der Waals surface area contributed by atoms with Crippen LogP contribution in [-0.2, 0) is 0 Å². The predicted molar refractivity (Wildman–Crippen MR) is 74.3 cm³/mol. The molecule has 2 atom stereocenters. The topological polar surface area (TPSA) is 99.1 Å². The average Bonchev–Trinajstić information content (AvgIpc) is 3.04. The molecular formula is C13H17N5O2. The van der Waals surface area contributed by atoms with E-state index in [0.717, 1.165) is 6.42 Å². The molecule has 2 aromatic heterocycles. The van der Waals surface area contributed by atoms with Gasteiger partial charge in [-0.05, 0) is 13.3 Å². The Balaban J connectivity index is 2.03. The molecule has 0 fully saturated rings. The minimum absolute atomic E-state index is 0.126. The minimum Gasteiger partial charge on any atom is -0.476 e. The van der Waals surface area contributed by atoms with Gasteiger partial charge in [0.1, 0.15) is 0 Å². The van der Waals surface area contributed by atoms with Crippen molar-refractivity contribution in [2.45, 2.75) is 19.4 Å². The third kappa shape index (κ3) is 2.09. The number of anilines is 1. The summed E-state index contributed by atoms with van der Waals surface area (Å²) >= 11 is 0. The van der Waals surface area contributed by atoms with Gasteiger partial charge in [0.25, 0.3) is 0 Å². The van der Waals surface area contributed by atoms with Crippen molar-refractivity contribution in [3.8, 4) is 5.88 Å². The molecule has 2 aromatic rings. The van der Waals surface area contributed by atoms with Crippen LogP contribution >= 0.6 is 0 Å². The van der Waals surface area contributed by atoms with Crippen LogP contribution in [0.2, 0.25) is 0 Å². The number of imidazole rings is 1. The van der Waals surface area contributed by atoms with Gasteiger partial charge in [0.05, 0.1) is 19.0 Å². The molecular weight excluding hydrogens is 258 g/mol. The molecule has 7 nitrogen and oxygen atoms in total. The van der Waals surface area contributed by atoms with Crippen LogP contribution in [0.5, 0.6) is 5.88 Å². The lowest BCUT2D eigenvalue weighted by atomic mass is 10.1. The monoisotopic (exact) mass is 275 g/mol. The van der Waals surface area contributed by atoms with Crippen LogP contribution in [0.15, 0.2) is 18.5 Å². The average molecular weight is 275 g/mol. The molecule has 1 aliphatic rings. The van der Waals surface area contributed by atoms with Crippen molar-refractivity contribution in [1.82, 2.24) is 19.5 Å². The summed E-state index contributed by atoms with van der Waals surface area (Å²) in [5.74, 6) is 0.765. The quantitative estimate of drug-likeness (QED) is 0.805. The van der Waals surface area contributed by atoms with E-state index in [2.05, 4.69) is 21.0 Å². The van der Waals surface area contributed by atoms with Gasteiger partial charge in [0, 0.05) is 12.5 Å². The highest BCUT2D eigenvalue weighted by Gasteiger charge is 2.23. The minimum atomic E-state index is 0.126. The van der Waals surface area contributed by atoms with E-state index in [9.17, 15) is 5.11 Å². The smallest absolute Gasteiger partial charge is 0.247 e. The Hall–Kier alpha value is -2.15. The van der Waals surface area contributed by atoms with Crippen molar-refractivity contribution in [2.24, 2.45) is 5.92 Å². The highest BCUT2D eigenvalue weighted by molar-refractivity contribution is 5.77. The van der Waals surface area contributed by atoms with Gasteiger partial charge in [-0.3, -0.25) is 0 Å². The van der Waals surface area contributed by atoms with Crippen LogP contribution in [0.3, 0.4) is 0 Å². The largest absolute Gasteiger partial charge is 0.476 e. The summed E-state index contributed by atoms with van der Waals surface area (Å²) in [5, 5.41) is 9.21. The summed E-state index contributed by atoms with van der Waals surface area (Å²) in [6.07, 6.45) is 6.62. The molecule has 3 N–H and O–H groups in total. The maximum absolute atomic E-state index is 9.21. The van der Waals surface area contributed by atoms with E-state index < -0.39 is 0 Å². The lowest BCUT2D eigenvalue weighted by Gasteiger charge is -2.12. The molecule has 7 heteroatoms. The summed E-state index contributed by atoms with van der Waals surface area (Å²) in [7, 11) is 0. The van der Waals surface area contributed by atoms with Gasteiger partial charge in [0.2, 0.25) is 11.8 Å². The first-order chi connectivity index (χ1) is 9.72. The number of fused-ring (bicyclic) bond motifs is 1. The lowest BCUT2D eigenvalue weighted by Crippen LogP contribution is -2.09. The Kier molecular flexibility index (Phi) is 3.27. The first-order valence-corrected chi connectivity index (χ1v) is 6.65. The van der Waals surface area contributed by atoms with Crippen molar-refractivity contribution < 1.29 is 9.84 Å². The second-order valence-corrected chi connectivity index (χ2v) is 4.77. The Labute approximate surface area is 116 Å². The lowest BCUT2D eigenvalue weighted by molar-refractivity contribution is 0.244. The van der Waals surface area contributed by atoms with Gasteiger partial charge in [-0.25, -0.2) is 4.98 Å². The van der Waals surface area contributed by atoms with Crippen molar-refractivity contribution in [1.29, 1.82) is 0 Å². The number of ether oxygens (including phenoxy) is 1. The second kappa shape index (κ2) is 5.09. The van der Waals surface area contributed by atoms with Crippen molar-refractivity contribution >= 4 is 17.1 Å². The molecule has 0 unspecified atom stereocenters. The SMILES string of the molecule is CCOc1nc(N)nc2c1ncn2[C@H]1C=C[C@@H](CO)C1. The van der Waals surface area contributed by atoms with Gasteiger partial charge in [-0.2, -0.15) is 9.97 Å². The fourth-order valence-corrected chi connectivity index (χ4v) is 2.48. The zero-order chi connectivity index (χ0) is 14.1. The molecule has 0 spiro atoms. The van der Waals surface area contributed by atoms with Gasteiger partial charge < -0.3 is 20.1 Å². The number of nitrogens with two attached hydrogens (primary N) is 1. The van der Waals surface area contributed by atoms with Crippen molar-refractivity contribution in [3.63, 3.8) is 0 Å². The molecule has 0 aromatic carbocycles. The van der Waals surface area contributed by atoms with Crippen LogP contribution < -0.4 is 10.5 Å². The van der Waals surface area contributed by atoms with E-state index in [1.54, 1.807) is 6.33 Å². The number of allylic oxidation sites excluding steroid dienone is 1. The molecule has 1 aliphatic carbocycles. The Morgan fingerprint density at radius 1 is 1.45 bits per heavy atom. The third-order valence-corrected chi connectivity index (χ3v) is 3.43. The first kappa shape index (κ1) is 12.9. The molecule has 0 saturated carbocycles. The maximum atomic E-state index is 9.21. The predicted octanol–water partition coefficient (Wildman–Crippen LogP) is 0.917. The Morgan fingerprint density at radius 2 is 2.30 bits per heavy atom. The summed E-state index contributed by atoms with van der Waals surface area (Å²) in [5.41, 5.74) is 7.01. The van der Waals surface area contributed by atoms with Crippen LogP contribution in [0.4, 0.5) is 5.95 Å². The zero-order valence-electron chi connectivity index (χ0n) is 11.2. The number of aliphatic hydroxyl groups is 1. The molecule has 0 saturated heterocycles. The number of aliphatic hydroxyl groups excluding tert-OH is 1. The zero-order valence-corrected chi connectivity index (χ0v) is 11.2. The standard InChI is InChI=1S/C13H17N5O2/c1-2-20-12-10-11(16-13(14)17-12)18(7-15-10)9-4-3-8(5-9)6-19/h3-4,7-9,19H,2,5-6H2,1H3,(H2,14,16,17)/t8-,9+/m1/s1. The number of nitrogens with zero attached hydrogens (tertiary/aromatic N) is 4. The van der Waals surface area contributed by atoms with E-state index in [4.69, 9.17) is 10.5 Å². The van der Waals surface area contributed by atoms with E-state index >= 15 is 0 Å². The Bertz CT molecular complexity index is 651. The normalized spacial score (nSPS) is 21.7. The van der Waals surface area contributed by atoms with Crippen molar-refractivity contribution in [2.75, 3.05) is 18.9 Å². The molecule has 106 valence electrons. The number of rotatable bonds is 4. The van der Waals surface area contributed by atoms with E-state index in [1.807, 2.05) is 17.6 Å². The third-order valence-electron chi connectivity index (χ3n) is 3.43. The summed E-state index contributed by atoms with van der Waals surface area (Å²) in [4.78, 5) is 12.7. The van der Waals surface area contributed by atoms with E-state index in [0.29, 0.717) is 23.7 Å². The number of nitrogen functional groups attached to an aromatic ring is 1. The summed E-state index contributed by atoms with van der Waals surface area (Å²) in [6.45, 7) is 2.53. The van der Waals surface area contributed by atoms with Crippen LogP contribution in [0, 0.1) is 5.92 Å². The van der Waals surface area contributed by atoms with Gasteiger partial charge in [-0.15, -0.1) is 0 Å². The number of hydrogen-bond donors (Lipinski definition) is 2. The fraction of sp³-hybridized carbons (Fsp3) is 0.462. The van der Waals surface area contributed by atoms with E-state index in [1.165, 1.54) is 0 Å². The highest BCUT2D eigenvalue weighted by atomic mass is 16.5. The number of aromatic nitrogens is 4. The van der Waals surface area contributed by atoms with E-state index in [-0.39, 0.29) is 24.5 Å². The van der Waals surface area contributed by atoms with Gasteiger partial charge in [0.15, 0.2) is 11.2 Å². The van der Waals surface area contributed by atoms with Crippen LogP contribution in [-0.4, -0.2) is 37.8 Å². The Morgan fingerprint density at radius 3 is 3.00 bits per heavy atom. The molecule has 0 aliphatic heterocycles. The number of hydrogen-bond acceptors (Lipinski definition) is 6. The van der Waals surface area contributed by atoms with Crippen LogP contribution in [0.1, 0.15) is 19.4 Å². The highest BCUT2D eigenvalue weighted by Crippen LogP contribution is 2.31. The van der Waals surface area contributed by atoms with Crippen molar-refractivity contribution in [3.05, 3.63) is 18.5 Å². The first-order valence-electron chi connectivity index (χ1n) is 6.65. The second-order valence-electron chi connectivity index (χ2n) is 4.77. The summed E-state index contributed by atoms with van der Waals surface area (Å²) < 4.78 is 7.40. The fourth-order valence-electron chi connectivity index (χ4n) is 2.48. The molecule has 0 radical (unpaired) electrons. The molecule has 20 heavy (non-hydrogen) atoms. The maximum Gasteiger partial charge on any atom is 0.247 e. The van der Waals surface area contributed by atoms with Gasteiger partial charge >= 0.3 is 0 Å².